The minimum Gasteiger partial charge on any atom is -0.378 e. The molecule has 0 bridgehead atoms. The van der Waals surface area contributed by atoms with Gasteiger partial charge in [-0.15, -0.1) is 0 Å². The zero-order chi connectivity index (χ0) is 17.6. The lowest BCUT2D eigenvalue weighted by molar-refractivity contribution is 0.0977. The standard InChI is InChI=1S/C19H21N3O2S/c1-14-6-8-15(9-7-14)18(23)21-19(25)20-16-4-2-3-5-17(16)22-10-12-24-13-11-22/h2-9H,10-13H2,1H3,(H2,20,21,23,25). The van der Waals surface area contributed by atoms with Gasteiger partial charge in [0.1, 0.15) is 0 Å². The van der Waals surface area contributed by atoms with Gasteiger partial charge >= 0.3 is 0 Å². The van der Waals surface area contributed by atoms with E-state index in [2.05, 4.69) is 15.5 Å². The minimum atomic E-state index is -0.221. The van der Waals surface area contributed by atoms with Crippen molar-refractivity contribution in [3.8, 4) is 0 Å². The summed E-state index contributed by atoms with van der Waals surface area (Å²) in [6.45, 7) is 5.07. The average molecular weight is 355 g/mol. The monoisotopic (exact) mass is 355 g/mol. The van der Waals surface area contributed by atoms with Crippen LogP contribution in [0.3, 0.4) is 0 Å². The minimum absolute atomic E-state index is 0.221. The highest BCUT2D eigenvalue weighted by Gasteiger charge is 2.15. The summed E-state index contributed by atoms with van der Waals surface area (Å²) in [7, 11) is 0. The number of nitrogens with one attached hydrogen (secondary N) is 2. The SMILES string of the molecule is Cc1ccc(C(=O)NC(=S)Nc2ccccc2N2CCOCC2)cc1. The first-order chi connectivity index (χ1) is 12.1. The number of thiocarbonyl (C=S) groups is 1. The second-order valence-corrected chi connectivity index (χ2v) is 6.30. The Morgan fingerprint density at radius 2 is 1.76 bits per heavy atom. The van der Waals surface area contributed by atoms with E-state index in [0.29, 0.717) is 18.8 Å². The van der Waals surface area contributed by atoms with Crippen LogP contribution in [0.4, 0.5) is 11.4 Å². The van der Waals surface area contributed by atoms with E-state index < -0.39 is 0 Å². The maximum Gasteiger partial charge on any atom is 0.257 e. The average Bonchev–Trinajstić information content (AvgIpc) is 2.63. The van der Waals surface area contributed by atoms with Gasteiger partial charge in [0.2, 0.25) is 0 Å². The lowest BCUT2D eigenvalue weighted by Gasteiger charge is -2.30. The van der Waals surface area contributed by atoms with E-state index >= 15 is 0 Å². The molecule has 6 heteroatoms. The summed E-state index contributed by atoms with van der Waals surface area (Å²) in [6.07, 6.45) is 0. The lowest BCUT2D eigenvalue weighted by Crippen LogP contribution is -2.38. The summed E-state index contributed by atoms with van der Waals surface area (Å²) in [5.41, 5.74) is 3.62. The number of anilines is 2. The third-order valence-corrected chi connectivity index (χ3v) is 4.25. The van der Waals surface area contributed by atoms with Gasteiger partial charge < -0.3 is 15.0 Å². The predicted octanol–water partition coefficient (Wildman–Crippen LogP) is 2.96. The normalized spacial score (nSPS) is 14.0. The Morgan fingerprint density at radius 1 is 1.08 bits per heavy atom. The molecule has 0 unspecified atom stereocenters. The Kier molecular flexibility index (Phi) is 5.63. The first kappa shape index (κ1) is 17.4. The van der Waals surface area contributed by atoms with Crippen LogP contribution < -0.4 is 15.5 Å². The molecule has 1 heterocycles. The summed E-state index contributed by atoms with van der Waals surface area (Å²) in [6, 6.07) is 15.3. The van der Waals surface area contributed by atoms with Gasteiger partial charge in [-0.1, -0.05) is 29.8 Å². The van der Waals surface area contributed by atoms with Crippen molar-refractivity contribution in [3.63, 3.8) is 0 Å². The Bertz CT molecular complexity index is 756. The van der Waals surface area contributed by atoms with E-state index in [0.717, 1.165) is 30.0 Å². The fourth-order valence-electron chi connectivity index (χ4n) is 2.69. The molecular formula is C19H21N3O2S. The largest absolute Gasteiger partial charge is 0.378 e. The topological polar surface area (TPSA) is 53.6 Å². The maximum absolute atomic E-state index is 12.3. The Labute approximate surface area is 153 Å². The van der Waals surface area contributed by atoms with Crippen molar-refractivity contribution in [1.29, 1.82) is 0 Å². The van der Waals surface area contributed by atoms with Gasteiger partial charge in [0.15, 0.2) is 5.11 Å². The van der Waals surface area contributed by atoms with Crippen LogP contribution in [0.15, 0.2) is 48.5 Å². The number of ether oxygens (including phenoxy) is 1. The molecule has 1 fully saturated rings. The van der Waals surface area contributed by atoms with Crippen LogP contribution in [0.1, 0.15) is 15.9 Å². The Morgan fingerprint density at radius 3 is 2.48 bits per heavy atom. The molecular weight excluding hydrogens is 334 g/mol. The van der Waals surface area contributed by atoms with Gasteiger partial charge in [-0.3, -0.25) is 10.1 Å². The van der Waals surface area contributed by atoms with Crippen LogP contribution in [-0.4, -0.2) is 37.3 Å². The second kappa shape index (κ2) is 8.09. The Balaban J connectivity index is 1.66. The number of aryl methyl sites for hydroxylation is 1. The molecule has 5 nitrogen and oxygen atoms in total. The van der Waals surface area contributed by atoms with Gasteiger partial charge in [-0.05, 0) is 43.4 Å². The summed E-state index contributed by atoms with van der Waals surface area (Å²) in [5.74, 6) is -0.221. The maximum atomic E-state index is 12.3. The van der Waals surface area contributed by atoms with Gasteiger partial charge in [0, 0.05) is 18.7 Å². The van der Waals surface area contributed by atoms with Crippen molar-refractivity contribution >= 4 is 34.6 Å². The molecule has 2 aromatic carbocycles. The predicted molar refractivity (Wildman–Crippen MR) is 104 cm³/mol. The zero-order valence-electron chi connectivity index (χ0n) is 14.1. The summed E-state index contributed by atoms with van der Waals surface area (Å²) in [4.78, 5) is 14.5. The molecule has 1 aliphatic rings. The fraction of sp³-hybridized carbons (Fsp3) is 0.263. The second-order valence-electron chi connectivity index (χ2n) is 5.89. The summed E-state index contributed by atoms with van der Waals surface area (Å²) in [5, 5.41) is 6.15. The van der Waals surface area contributed by atoms with E-state index in [-0.39, 0.29) is 11.0 Å². The molecule has 0 atom stereocenters. The van der Waals surface area contributed by atoms with Crippen LogP contribution in [0, 0.1) is 6.92 Å². The van der Waals surface area contributed by atoms with E-state index in [9.17, 15) is 4.79 Å². The number of morpholine rings is 1. The van der Waals surface area contributed by atoms with E-state index in [1.165, 1.54) is 0 Å². The van der Waals surface area contributed by atoms with Crippen LogP contribution in [0.2, 0.25) is 0 Å². The lowest BCUT2D eigenvalue weighted by atomic mass is 10.1. The number of amides is 1. The van der Waals surface area contributed by atoms with Crippen LogP contribution in [0.25, 0.3) is 0 Å². The molecule has 0 aliphatic carbocycles. The molecule has 2 aromatic rings. The number of nitrogens with zero attached hydrogens (tertiary/aromatic N) is 1. The van der Waals surface area contributed by atoms with Gasteiger partial charge in [0.05, 0.1) is 24.6 Å². The van der Waals surface area contributed by atoms with E-state index in [1.54, 1.807) is 12.1 Å². The van der Waals surface area contributed by atoms with Crippen molar-refractivity contribution in [1.82, 2.24) is 5.32 Å². The first-order valence-corrected chi connectivity index (χ1v) is 8.65. The molecule has 25 heavy (non-hydrogen) atoms. The number of para-hydroxylation sites is 2. The highest BCUT2D eigenvalue weighted by atomic mass is 32.1. The highest BCUT2D eigenvalue weighted by molar-refractivity contribution is 7.80. The molecule has 0 spiro atoms. The number of benzene rings is 2. The number of hydrogen-bond donors (Lipinski definition) is 2. The fourth-order valence-corrected chi connectivity index (χ4v) is 2.90. The molecule has 1 saturated heterocycles. The van der Waals surface area contributed by atoms with Crippen molar-refractivity contribution < 1.29 is 9.53 Å². The Hall–Kier alpha value is -2.44. The number of hydrogen-bond acceptors (Lipinski definition) is 4. The molecule has 1 amide bonds. The molecule has 0 saturated carbocycles. The third-order valence-electron chi connectivity index (χ3n) is 4.04. The first-order valence-electron chi connectivity index (χ1n) is 8.24. The van der Waals surface area contributed by atoms with Crippen LogP contribution in [0.5, 0.6) is 0 Å². The van der Waals surface area contributed by atoms with Crippen LogP contribution in [-0.2, 0) is 4.74 Å². The number of rotatable bonds is 3. The van der Waals surface area contributed by atoms with Crippen molar-refractivity contribution in [2.24, 2.45) is 0 Å². The molecule has 1 aliphatic heterocycles. The quantitative estimate of drug-likeness (QED) is 0.829. The van der Waals surface area contributed by atoms with Crippen LogP contribution >= 0.6 is 12.2 Å². The zero-order valence-corrected chi connectivity index (χ0v) is 14.9. The van der Waals surface area contributed by atoms with Crippen molar-refractivity contribution in [2.75, 3.05) is 36.5 Å². The summed E-state index contributed by atoms with van der Waals surface area (Å²) < 4.78 is 5.41. The van der Waals surface area contributed by atoms with Gasteiger partial charge in [0.25, 0.3) is 5.91 Å². The molecule has 2 N–H and O–H groups in total. The van der Waals surface area contributed by atoms with Gasteiger partial charge in [-0.2, -0.15) is 0 Å². The summed E-state index contributed by atoms with van der Waals surface area (Å²) >= 11 is 5.31. The van der Waals surface area contributed by atoms with Gasteiger partial charge in [-0.25, -0.2) is 0 Å². The number of carbonyl (C=O) groups is 1. The van der Waals surface area contributed by atoms with Crippen molar-refractivity contribution in [2.45, 2.75) is 6.92 Å². The smallest absolute Gasteiger partial charge is 0.257 e. The molecule has 130 valence electrons. The number of carbonyl (C=O) groups excluding carboxylic acids is 1. The third kappa shape index (κ3) is 4.55. The molecule has 0 radical (unpaired) electrons. The highest BCUT2D eigenvalue weighted by Crippen LogP contribution is 2.26. The van der Waals surface area contributed by atoms with E-state index in [1.807, 2.05) is 43.3 Å². The molecule has 0 aromatic heterocycles. The van der Waals surface area contributed by atoms with Crippen molar-refractivity contribution in [3.05, 3.63) is 59.7 Å². The van der Waals surface area contributed by atoms with E-state index in [4.69, 9.17) is 17.0 Å². The molecule has 3 rings (SSSR count).